The van der Waals surface area contributed by atoms with Gasteiger partial charge in [0.1, 0.15) is 5.69 Å². The number of rotatable bonds is 3. The Bertz CT molecular complexity index is 390. The van der Waals surface area contributed by atoms with Gasteiger partial charge in [-0.25, -0.2) is 0 Å². The van der Waals surface area contributed by atoms with Gasteiger partial charge in [-0.15, -0.1) is 0 Å². The third-order valence-corrected chi connectivity index (χ3v) is 2.19. The molecule has 0 saturated carbocycles. The largest absolute Gasteiger partial charge is 0.292 e. The van der Waals surface area contributed by atoms with Gasteiger partial charge in [0.15, 0.2) is 5.78 Å². The fraction of sp³-hybridized carbons (Fsp3) is 0.167. The summed E-state index contributed by atoms with van der Waals surface area (Å²) in [6, 6.07) is 5.40. The summed E-state index contributed by atoms with van der Waals surface area (Å²) < 4.78 is 0. The number of carbonyl (C=O) groups excluding carboxylic acids is 1. The quantitative estimate of drug-likeness (QED) is 0.677. The molecule has 0 amide bonds. The number of aromatic nitrogens is 1. The van der Waals surface area contributed by atoms with Gasteiger partial charge < -0.3 is 0 Å². The Kier molecular flexibility index (Phi) is 2.54. The molecule has 2 heteroatoms. The van der Waals surface area contributed by atoms with Gasteiger partial charge in [0.2, 0.25) is 0 Å². The fourth-order valence-electron chi connectivity index (χ4n) is 1.45. The molecule has 0 aliphatic heterocycles. The normalized spacial score (nSPS) is 14.1. The van der Waals surface area contributed by atoms with E-state index in [0.717, 1.165) is 6.42 Å². The number of ketones is 1. The molecule has 1 aliphatic rings. The van der Waals surface area contributed by atoms with E-state index in [1.54, 1.807) is 12.3 Å². The van der Waals surface area contributed by atoms with Crippen LogP contribution in [0.5, 0.6) is 0 Å². The molecule has 2 nitrogen and oxygen atoms in total. The van der Waals surface area contributed by atoms with Crippen molar-refractivity contribution in [3.05, 3.63) is 53.9 Å². The zero-order chi connectivity index (χ0) is 9.80. The van der Waals surface area contributed by atoms with Crippen LogP contribution in [0.1, 0.15) is 23.3 Å². The van der Waals surface area contributed by atoms with Gasteiger partial charge in [-0.3, -0.25) is 9.78 Å². The second-order valence-corrected chi connectivity index (χ2v) is 3.27. The van der Waals surface area contributed by atoms with E-state index in [-0.39, 0.29) is 5.78 Å². The van der Waals surface area contributed by atoms with Gasteiger partial charge in [0.05, 0.1) is 0 Å². The Morgan fingerprint density at radius 3 is 3.00 bits per heavy atom. The molecule has 0 saturated heterocycles. The topological polar surface area (TPSA) is 30.0 Å². The lowest BCUT2D eigenvalue weighted by atomic mass is 10.1. The highest BCUT2D eigenvalue weighted by molar-refractivity contribution is 5.95. The van der Waals surface area contributed by atoms with Crippen molar-refractivity contribution in [2.24, 2.45) is 0 Å². The standard InChI is InChI=1S/C12H11NO/c14-12(9-10-5-1-2-6-10)11-7-3-4-8-13-11/h1-5,7-8H,6,9H2. The Balaban J connectivity index is 2.03. The summed E-state index contributed by atoms with van der Waals surface area (Å²) in [5, 5.41) is 0. The molecule has 0 N–H and O–H groups in total. The van der Waals surface area contributed by atoms with Gasteiger partial charge in [-0.05, 0) is 18.6 Å². The van der Waals surface area contributed by atoms with Crippen molar-refractivity contribution >= 4 is 5.78 Å². The molecule has 1 aliphatic carbocycles. The van der Waals surface area contributed by atoms with Gasteiger partial charge in [-0.1, -0.05) is 29.9 Å². The van der Waals surface area contributed by atoms with Gasteiger partial charge in [0, 0.05) is 12.6 Å². The second kappa shape index (κ2) is 4.01. The first-order valence-electron chi connectivity index (χ1n) is 4.65. The maximum atomic E-state index is 11.7. The van der Waals surface area contributed by atoms with E-state index in [4.69, 9.17) is 0 Å². The molecule has 0 spiro atoms. The lowest BCUT2D eigenvalue weighted by molar-refractivity contribution is 0.0988. The minimum absolute atomic E-state index is 0.0977. The molecule has 0 unspecified atom stereocenters. The first kappa shape index (κ1) is 8.88. The number of carbonyl (C=O) groups is 1. The predicted octanol–water partition coefficient (Wildman–Crippen LogP) is 2.54. The van der Waals surface area contributed by atoms with Gasteiger partial charge in [0.25, 0.3) is 0 Å². The molecule has 0 bridgehead atoms. The summed E-state index contributed by atoms with van der Waals surface area (Å²) in [6.07, 6.45) is 9.08. The maximum Gasteiger partial charge on any atom is 0.185 e. The van der Waals surface area contributed by atoms with Crippen molar-refractivity contribution in [1.29, 1.82) is 0 Å². The van der Waals surface area contributed by atoms with Crippen LogP contribution in [0, 0.1) is 0 Å². The van der Waals surface area contributed by atoms with E-state index in [1.165, 1.54) is 5.57 Å². The third-order valence-electron chi connectivity index (χ3n) is 2.19. The number of Topliss-reactive ketones (excluding diaryl/α,β-unsaturated/α-hetero) is 1. The number of pyridine rings is 1. The van der Waals surface area contributed by atoms with Crippen LogP contribution >= 0.6 is 0 Å². The first-order valence-corrected chi connectivity index (χ1v) is 4.65. The van der Waals surface area contributed by atoms with Crippen molar-refractivity contribution in [1.82, 2.24) is 4.98 Å². The lowest BCUT2D eigenvalue weighted by Crippen LogP contribution is -2.02. The summed E-state index contributed by atoms with van der Waals surface area (Å²) >= 11 is 0. The van der Waals surface area contributed by atoms with Gasteiger partial charge >= 0.3 is 0 Å². The van der Waals surface area contributed by atoms with E-state index < -0.39 is 0 Å². The highest BCUT2D eigenvalue weighted by Gasteiger charge is 2.09. The van der Waals surface area contributed by atoms with Crippen LogP contribution in [0.4, 0.5) is 0 Å². The molecule has 2 rings (SSSR count). The van der Waals surface area contributed by atoms with Crippen LogP contribution in [0.3, 0.4) is 0 Å². The van der Waals surface area contributed by atoms with E-state index in [9.17, 15) is 4.79 Å². The summed E-state index contributed by atoms with van der Waals surface area (Å²) in [5.41, 5.74) is 1.72. The number of hydrogen-bond donors (Lipinski definition) is 0. The van der Waals surface area contributed by atoms with E-state index in [2.05, 4.69) is 11.1 Å². The summed E-state index contributed by atoms with van der Waals surface area (Å²) in [4.78, 5) is 15.7. The maximum absolute atomic E-state index is 11.7. The van der Waals surface area contributed by atoms with Crippen LogP contribution in [0.15, 0.2) is 48.2 Å². The third kappa shape index (κ3) is 1.96. The first-order chi connectivity index (χ1) is 6.86. The molecule has 0 aromatic carbocycles. The van der Waals surface area contributed by atoms with Crippen molar-refractivity contribution in [3.8, 4) is 0 Å². The van der Waals surface area contributed by atoms with Crippen LogP contribution < -0.4 is 0 Å². The minimum atomic E-state index is 0.0977. The van der Waals surface area contributed by atoms with E-state index in [0.29, 0.717) is 12.1 Å². The molecular formula is C12H11NO. The van der Waals surface area contributed by atoms with Crippen LogP contribution in [-0.4, -0.2) is 10.8 Å². The molecule has 14 heavy (non-hydrogen) atoms. The van der Waals surface area contributed by atoms with Crippen LogP contribution in [0.2, 0.25) is 0 Å². The van der Waals surface area contributed by atoms with Crippen molar-refractivity contribution in [3.63, 3.8) is 0 Å². The average molecular weight is 185 g/mol. The van der Waals surface area contributed by atoms with Gasteiger partial charge in [-0.2, -0.15) is 0 Å². The second-order valence-electron chi connectivity index (χ2n) is 3.27. The molecule has 1 aromatic heterocycles. The molecule has 0 fully saturated rings. The van der Waals surface area contributed by atoms with E-state index >= 15 is 0 Å². The molecule has 1 heterocycles. The number of nitrogens with zero attached hydrogens (tertiary/aromatic N) is 1. The Hall–Kier alpha value is -1.70. The summed E-state index contributed by atoms with van der Waals surface area (Å²) in [7, 11) is 0. The zero-order valence-electron chi connectivity index (χ0n) is 7.81. The average Bonchev–Trinajstić information content (AvgIpc) is 2.72. The Morgan fingerprint density at radius 2 is 2.36 bits per heavy atom. The number of hydrogen-bond acceptors (Lipinski definition) is 2. The molecule has 0 radical (unpaired) electrons. The summed E-state index contributed by atoms with van der Waals surface area (Å²) in [5.74, 6) is 0.0977. The Morgan fingerprint density at radius 1 is 1.43 bits per heavy atom. The zero-order valence-corrected chi connectivity index (χ0v) is 7.81. The lowest BCUT2D eigenvalue weighted by Gasteiger charge is -2.00. The van der Waals surface area contributed by atoms with Crippen molar-refractivity contribution in [2.75, 3.05) is 0 Å². The molecule has 0 atom stereocenters. The SMILES string of the molecule is O=C(CC1=CC=CC1)c1ccccn1. The minimum Gasteiger partial charge on any atom is -0.292 e. The molecule has 1 aromatic rings. The number of allylic oxidation sites excluding steroid dienone is 4. The highest BCUT2D eigenvalue weighted by Crippen LogP contribution is 2.16. The summed E-state index contributed by atoms with van der Waals surface area (Å²) in [6.45, 7) is 0. The van der Waals surface area contributed by atoms with Crippen molar-refractivity contribution in [2.45, 2.75) is 12.8 Å². The molecule has 70 valence electrons. The van der Waals surface area contributed by atoms with Crippen LogP contribution in [0.25, 0.3) is 0 Å². The highest BCUT2D eigenvalue weighted by atomic mass is 16.1. The predicted molar refractivity (Wildman–Crippen MR) is 55.0 cm³/mol. The molecular weight excluding hydrogens is 174 g/mol. The van der Waals surface area contributed by atoms with E-state index in [1.807, 2.05) is 24.3 Å². The van der Waals surface area contributed by atoms with Crippen LogP contribution in [-0.2, 0) is 0 Å². The fourth-order valence-corrected chi connectivity index (χ4v) is 1.45. The Labute approximate surface area is 83.0 Å². The smallest absolute Gasteiger partial charge is 0.185 e. The monoisotopic (exact) mass is 185 g/mol. The van der Waals surface area contributed by atoms with Crippen molar-refractivity contribution < 1.29 is 4.79 Å².